The zero-order valence-electron chi connectivity index (χ0n) is 19.6. The van der Waals surface area contributed by atoms with E-state index in [-0.39, 0.29) is 5.91 Å². The van der Waals surface area contributed by atoms with E-state index >= 15 is 0 Å². The lowest BCUT2D eigenvalue weighted by atomic mass is 10.0. The minimum absolute atomic E-state index is 0.0808. The van der Waals surface area contributed by atoms with Crippen molar-refractivity contribution in [1.82, 2.24) is 14.6 Å². The van der Waals surface area contributed by atoms with E-state index in [9.17, 15) is 4.79 Å². The van der Waals surface area contributed by atoms with Crippen LogP contribution >= 0.6 is 0 Å². The van der Waals surface area contributed by atoms with Gasteiger partial charge in [-0.1, -0.05) is 30.3 Å². The van der Waals surface area contributed by atoms with Gasteiger partial charge < -0.3 is 14.8 Å². The molecule has 4 rings (SSSR count). The Kier molecular flexibility index (Phi) is 6.31. The van der Waals surface area contributed by atoms with E-state index in [1.807, 2.05) is 43.5 Å². The highest BCUT2D eigenvalue weighted by Gasteiger charge is 2.18. The first-order valence-electron chi connectivity index (χ1n) is 10.9. The molecule has 170 valence electrons. The molecular weight excluding hydrogens is 416 g/mol. The van der Waals surface area contributed by atoms with Crippen LogP contribution in [0.4, 0.5) is 5.69 Å². The number of anilines is 1. The van der Waals surface area contributed by atoms with Gasteiger partial charge in [-0.15, -0.1) is 0 Å². The SMILES string of the molecule is COc1ccc(NC(=O)CCc2c(C)nc3c(-c4ccccc4)c(C)nn3c2C)cc1OC. The van der Waals surface area contributed by atoms with Crippen molar-refractivity contribution in [3.63, 3.8) is 0 Å². The van der Waals surface area contributed by atoms with Crippen molar-refractivity contribution in [2.24, 2.45) is 0 Å². The highest BCUT2D eigenvalue weighted by molar-refractivity contribution is 5.91. The fourth-order valence-corrected chi connectivity index (χ4v) is 4.15. The normalized spacial score (nSPS) is 10.9. The lowest BCUT2D eigenvalue weighted by Crippen LogP contribution is -2.14. The molecule has 0 fully saturated rings. The summed E-state index contributed by atoms with van der Waals surface area (Å²) < 4.78 is 12.5. The summed E-state index contributed by atoms with van der Waals surface area (Å²) in [5, 5.41) is 7.68. The second-order valence-corrected chi connectivity index (χ2v) is 7.94. The molecule has 0 bridgehead atoms. The molecule has 0 aliphatic carbocycles. The molecule has 33 heavy (non-hydrogen) atoms. The summed E-state index contributed by atoms with van der Waals surface area (Å²) >= 11 is 0. The fraction of sp³-hybridized carbons (Fsp3) is 0.269. The van der Waals surface area contributed by atoms with E-state index in [1.54, 1.807) is 32.4 Å². The van der Waals surface area contributed by atoms with Gasteiger partial charge in [-0.2, -0.15) is 5.10 Å². The largest absolute Gasteiger partial charge is 0.493 e. The second kappa shape index (κ2) is 9.32. The molecule has 0 saturated heterocycles. The highest BCUT2D eigenvalue weighted by atomic mass is 16.5. The number of benzene rings is 2. The first-order chi connectivity index (χ1) is 15.9. The molecule has 0 saturated carbocycles. The Balaban J connectivity index is 1.55. The Morgan fingerprint density at radius 2 is 1.70 bits per heavy atom. The number of nitrogens with one attached hydrogen (secondary N) is 1. The van der Waals surface area contributed by atoms with Gasteiger partial charge in [0.15, 0.2) is 17.1 Å². The predicted octanol–water partition coefficient (Wildman–Crippen LogP) is 4.91. The maximum atomic E-state index is 12.6. The molecule has 1 N–H and O–H groups in total. The number of amides is 1. The average Bonchev–Trinajstić information content (AvgIpc) is 3.15. The van der Waals surface area contributed by atoms with Gasteiger partial charge in [0.2, 0.25) is 5.91 Å². The third-order valence-corrected chi connectivity index (χ3v) is 5.83. The van der Waals surface area contributed by atoms with Crippen molar-refractivity contribution in [1.29, 1.82) is 0 Å². The van der Waals surface area contributed by atoms with Crippen LogP contribution in [-0.4, -0.2) is 34.7 Å². The maximum absolute atomic E-state index is 12.6. The van der Waals surface area contributed by atoms with E-state index in [2.05, 4.69) is 17.4 Å². The zero-order valence-corrected chi connectivity index (χ0v) is 19.6. The minimum atomic E-state index is -0.0808. The topological polar surface area (TPSA) is 77.8 Å². The number of rotatable bonds is 7. The first-order valence-corrected chi connectivity index (χ1v) is 10.9. The van der Waals surface area contributed by atoms with Gasteiger partial charge in [0.05, 0.1) is 19.9 Å². The minimum Gasteiger partial charge on any atom is -0.493 e. The summed E-state index contributed by atoms with van der Waals surface area (Å²) in [5.41, 5.74) is 7.52. The number of carbonyl (C=O) groups excluding carboxylic acids is 1. The van der Waals surface area contributed by atoms with Crippen molar-refractivity contribution in [3.05, 3.63) is 71.2 Å². The number of fused-ring (bicyclic) bond motifs is 1. The molecule has 0 spiro atoms. The molecule has 2 aromatic carbocycles. The summed E-state index contributed by atoms with van der Waals surface area (Å²) in [4.78, 5) is 17.5. The zero-order chi connectivity index (χ0) is 23.5. The Morgan fingerprint density at radius 1 is 0.970 bits per heavy atom. The Bertz CT molecular complexity index is 1310. The number of hydrogen-bond acceptors (Lipinski definition) is 5. The monoisotopic (exact) mass is 444 g/mol. The van der Waals surface area contributed by atoms with Gasteiger partial charge >= 0.3 is 0 Å². The molecule has 0 aliphatic rings. The van der Waals surface area contributed by atoms with Crippen LogP contribution in [0, 0.1) is 20.8 Å². The standard InChI is InChI=1S/C26H28N4O3/c1-16-21(12-14-24(31)28-20-11-13-22(32-4)23(15-20)33-5)18(3)30-26(27-16)25(17(2)29-30)19-9-7-6-8-10-19/h6-11,13,15H,12,14H2,1-5H3,(H,28,31). The second-order valence-electron chi connectivity index (χ2n) is 7.94. The summed E-state index contributed by atoms with van der Waals surface area (Å²) in [5.74, 6) is 1.10. The summed E-state index contributed by atoms with van der Waals surface area (Å²) in [6, 6.07) is 15.5. The molecule has 2 heterocycles. The highest BCUT2D eigenvalue weighted by Crippen LogP contribution is 2.31. The Morgan fingerprint density at radius 3 is 2.39 bits per heavy atom. The van der Waals surface area contributed by atoms with E-state index in [0.29, 0.717) is 30.0 Å². The number of aromatic nitrogens is 3. The number of carbonyl (C=O) groups is 1. The van der Waals surface area contributed by atoms with E-state index in [0.717, 1.165) is 39.4 Å². The third kappa shape index (κ3) is 4.39. The van der Waals surface area contributed by atoms with Crippen LogP contribution in [0.2, 0.25) is 0 Å². The van der Waals surface area contributed by atoms with Crippen molar-refractivity contribution in [2.45, 2.75) is 33.6 Å². The molecule has 2 aromatic heterocycles. The van der Waals surface area contributed by atoms with Crippen LogP contribution < -0.4 is 14.8 Å². The molecule has 1 amide bonds. The van der Waals surface area contributed by atoms with Gasteiger partial charge in [-0.05, 0) is 50.5 Å². The van der Waals surface area contributed by atoms with Crippen LogP contribution in [-0.2, 0) is 11.2 Å². The van der Waals surface area contributed by atoms with Gasteiger partial charge in [0, 0.05) is 35.1 Å². The number of aryl methyl sites for hydroxylation is 3. The lowest BCUT2D eigenvalue weighted by molar-refractivity contribution is -0.116. The molecule has 4 aromatic rings. The van der Waals surface area contributed by atoms with Crippen molar-refractivity contribution >= 4 is 17.2 Å². The smallest absolute Gasteiger partial charge is 0.224 e. The molecular formula is C26H28N4O3. The van der Waals surface area contributed by atoms with Gasteiger partial charge in [0.25, 0.3) is 0 Å². The van der Waals surface area contributed by atoms with E-state index in [4.69, 9.17) is 19.6 Å². The first kappa shape index (κ1) is 22.3. The summed E-state index contributed by atoms with van der Waals surface area (Å²) in [7, 11) is 3.15. The number of methoxy groups -OCH3 is 2. The fourth-order valence-electron chi connectivity index (χ4n) is 4.15. The van der Waals surface area contributed by atoms with E-state index in [1.165, 1.54) is 0 Å². The van der Waals surface area contributed by atoms with Crippen LogP contribution in [0.15, 0.2) is 48.5 Å². The molecule has 7 heteroatoms. The van der Waals surface area contributed by atoms with Crippen LogP contribution in [0.25, 0.3) is 16.8 Å². The maximum Gasteiger partial charge on any atom is 0.224 e. The molecule has 0 aliphatic heterocycles. The van der Waals surface area contributed by atoms with E-state index < -0.39 is 0 Å². The summed E-state index contributed by atoms with van der Waals surface area (Å²) in [6.07, 6.45) is 0.897. The van der Waals surface area contributed by atoms with Gasteiger partial charge in [-0.25, -0.2) is 9.50 Å². The van der Waals surface area contributed by atoms with Crippen molar-refractivity contribution < 1.29 is 14.3 Å². The number of hydrogen-bond donors (Lipinski definition) is 1. The van der Waals surface area contributed by atoms with Crippen molar-refractivity contribution in [2.75, 3.05) is 19.5 Å². The van der Waals surface area contributed by atoms with Gasteiger partial charge in [-0.3, -0.25) is 4.79 Å². The van der Waals surface area contributed by atoms with Crippen LogP contribution in [0.1, 0.15) is 29.1 Å². The molecule has 0 unspecified atom stereocenters. The Hall–Kier alpha value is -3.87. The van der Waals surface area contributed by atoms with Crippen LogP contribution in [0.3, 0.4) is 0 Å². The van der Waals surface area contributed by atoms with Crippen molar-refractivity contribution in [3.8, 4) is 22.6 Å². The number of ether oxygens (including phenoxy) is 2. The number of nitrogens with zero attached hydrogens (tertiary/aromatic N) is 3. The third-order valence-electron chi connectivity index (χ3n) is 5.83. The molecule has 0 radical (unpaired) electrons. The molecule has 0 atom stereocenters. The summed E-state index contributed by atoms with van der Waals surface area (Å²) in [6.45, 7) is 6.03. The average molecular weight is 445 g/mol. The Labute approximate surface area is 193 Å². The van der Waals surface area contributed by atoms with Gasteiger partial charge in [0.1, 0.15) is 0 Å². The lowest BCUT2D eigenvalue weighted by Gasteiger charge is -2.13. The molecule has 7 nitrogen and oxygen atoms in total. The predicted molar refractivity (Wildman–Crippen MR) is 129 cm³/mol. The van der Waals surface area contributed by atoms with Crippen LogP contribution in [0.5, 0.6) is 11.5 Å². The quantitative estimate of drug-likeness (QED) is 0.438.